The predicted molar refractivity (Wildman–Crippen MR) is 112 cm³/mol. The maximum absolute atomic E-state index is 12.7. The van der Waals surface area contributed by atoms with Crippen molar-refractivity contribution >= 4 is 62.2 Å². The smallest absolute Gasteiger partial charge is 0.242 e. The number of aryl methyl sites for hydroxylation is 1. The Morgan fingerprint density at radius 3 is 2.74 bits per heavy atom. The Balaban J connectivity index is 2.14. The molecule has 1 aromatic carbocycles. The second-order valence-corrected chi connectivity index (χ2v) is 10.2. The molecule has 0 radical (unpaired) electrons. The molecule has 11 heteroatoms. The van der Waals surface area contributed by atoms with Crippen molar-refractivity contribution in [1.29, 1.82) is 0 Å². The van der Waals surface area contributed by atoms with E-state index in [1.807, 2.05) is 18.6 Å². The third-order valence-electron chi connectivity index (χ3n) is 3.52. The maximum Gasteiger partial charge on any atom is 0.242 e. The molecule has 2 rings (SSSR count). The Bertz CT molecular complexity index is 903. The lowest BCUT2D eigenvalue weighted by molar-refractivity contribution is -0.122. The molecule has 0 saturated heterocycles. The quantitative estimate of drug-likeness (QED) is 0.589. The van der Waals surface area contributed by atoms with E-state index < -0.39 is 22.0 Å². The Morgan fingerprint density at radius 2 is 2.11 bits per heavy atom. The number of rotatable bonds is 9. The first-order valence-electron chi connectivity index (χ1n) is 7.88. The average molecular weight is 468 g/mol. The van der Waals surface area contributed by atoms with Gasteiger partial charge in [-0.25, -0.2) is 13.4 Å². The molecule has 0 aliphatic rings. The number of hydrogen-bond donors (Lipinski definition) is 2. The minimum atomic E-state index is -4.02. The lowest BCUT2D eigenvalue weighted by Gasteiger charge is -2.18. The number of halogens is 2. The number of sulfonamides is 1. The van der Waals surface area contributed by atoms with E-state index in [1.165, 1.54) is 41.3 Å². The van der Waals surface area contributed by atoms with Crippen LogP contribution >= 0.6 is 46.3 Å². The summed E-state index contributed by atoms with van der Waals surface area (Å²) in [6, 6.07) is 3.22. The van der Waals surface area contributed by atoms with Gasteiger partial charge < -0.3 is 5.32 Å². The molecular weight excluding hydrogens is 449 g/mol. The van der Waals surface area contributed by atoms with Crippen molar-refractivity contribution in [2.45, 2.75) is 30.8 Å². The van der Waals surface area contributed by atoms with Crippen LogP contribution in [0.4, 0.5) is 0 Å². The lowest BCUT2D eigenvalue weighted by atomic mass is 10.2. The number of nitrogens with zero attached hydrogens (tertiary/aromatic N) is 1. The second kappa shape index (κ2) is 10.1. The van der Waals surface area contributed by atoms with Gasteiger partial charge in [0.15, 0.2) is 0 Å². The molecule has 148 valence electrons. The summed E-state index contributed by atoms with van der Waals surface area (Å²) in [6.45, 7) is 2.11. The van der Waals surface area contributed by atoms with Crippen LogP contribution in [0.5, 0.6) is 0 Å². The largest absolute Gasteiger partial charge is 0.349 e. The van der Waals surface area contributed by atoms with Gasteiger partial charge in [0.2, 0.25) is 15.9 Å². The summed E-state index contributed by atoms with van der Waals surface area (Å²) in [4.78, 5) is 16.7. The van der Waals surface area contributed by atoms with Gasteiger partial charge in [-0.3, -0.25) is 4.79 Å². The highest BCUT2D eigenvalue weighted by Gasteiger charge is 2.27. The minimum Gasteiger partial charge on any atom is -0.349 e. The van der Waals surface area contributed by atoms with Gasteiger partial charge >= 0.3 is 0 Å². The van der Waals surface area contributed by atoms with Gasteiger partial charge in [-0.05, 0) is 43.6 Å². The molecule has 0 bridgehead atoms. The molecule has 1 amide bonds. The molecule has 1 unspecified atom stereocenters. The fourth-order valence-electron chi connectivity index (χ4n) is 2.20. The monoisotopic (exact) mass is 467 g/mol. The highest BCUT2D eigenvalue weighted by atomic mass is 35.5. The van der Waals surface area contributed by atoms with E-state index >= 15 is 0 Å². The van der Waals surface area contributed by atoms with Crippen molar-refractivity contribution in [3.8, 4) is 0 Å². The Morgan fingerprint density at radius 1 is 1.37 bits per heavy atom. The molecule has 1 atom stereocenters. The highest BCUT2D eigenvalue weighted by molar-refractivity contribution is 7.98. The molecule has 0 aliphatic carbocycles. The van der Waals surface area contributed by atoms with Crippen molar-refractivity contribution in [3.05, 3.63) is 44.3 Å². The van der Waals surface area contributed by atoms with Crippen LogP contribution in [0.15, 0.2) is 28.5 Å². The molecule has 2 aromatic rings. The number of carbonyl (C=O) groups is 1. The third kappa shape index (κ3) is 6.62. The van der Waals surface area contributed by atoms with E-state index in [-0.39, 0.29) is 21.5 Å². The molecule has 27 heavy (non-hydrogen) atoms. The SMILES string of the molecule is CSCCC(NS(=O)(=O)c1cc(Cl)ccc1Cl)C(=O)NCc1csc(C)n1. The van der Waals surface area contributed by atoms with Gasteiger partial charge in [0.1, 0.15) is 10.9 Å². The molecule has 1 heterocycles. The van der Waals surface area contributed by atoms with Crippen LogP contribution in [0.3, 0.4) is 0 Å². The van der Waals surface area contributed by atoms with E-state index in [4.69, 9.17) is 23.2 Å². The van der Waals surface area contributed by atoms with E-state index in [0.717, 1.165) is 10.7 Å². The number of thiazole rings is 1. The topological polar surface area (TPSA) is 88.2 Å². The van der Waals surface area contributed by atoms with Gasteiger partial charge in [-0.2, -0.15) is 16.5 Å². The van der Waals surface area contributed by atoms with Gasteiger partial charge in [0.05, 0.1) is 22.3 Å². The number of hydrogen-bond acceptors (Lipinski definition) is 6. The Labute approximate surface area is 177 Å². The van der Waals surface area contributed by atoms with Crippen LogP contribution in [-0.4, -0.2) is 37.4 Å². The van der Waals surface area contributed by atoms with Crippen molar-refractivity contribution in [2.24, 2.45) is 0 Å². The molecular formula is C16H19Cl2N3O3S3. The summed E-state index contributed by atoms with van der Waals surface area (Å²) in [5, 5.41) is 5.75. The van der Waals surface area contributed by atoms with Crippen LogP contribution in [0.1, 0.15) is 17.1 Å². The molecule has 2 N–H and O–H groups in total. The first-order chi connectivity index (χ1) is 12.7. The number of nitrogens with one attached hydrogen (secondary N) is 2. The number of amides is 1. The summed E-state index contributed by atoms with van der Waals surface area (Å²) in [7, 11) is -4.02. The van der Waals surface area contributed by atoms with Crippen LogP contribution < -0.4 is 10.0 Å². The fourth-order valence-corrected chi connectivity index (χ4v) is 5.28. The van der Waals surface area contributed by atoms with Crippen molar-refractivity contribution in [2.75, 3.05) is 12.0 Å². The zero-order valence-electron chi connectivity index (χ0n) is 14.7. The molecule has 0 fully saturated rings. The average Bonchev–Trinajstić information content (AvgIpc) is 3.03. The minimum absolute atomic E-state index is 0.0360. The first kappa shape index (κ1) is 22.4. The standard InChI is InChI=1S/C16H19Cl2N3O3S3/c1-10-20-12(9-26-10)8-19-16(22)14(5-6-25-2)21-27(23,24)15-7-11(17)3-4-13(15)18/h3-4,7,9,14,21H,5-6,8H2,1-2H3,(H,19,22). The number of benzene rings is 1. The molecule has 0 saturated carbocycles. The summed E-state index contributed by atoms with van der Waals surface area (Å²) in [5.41, 5.74) is 0.732. The van der Waals surface area contributed by atoms with Gasteiger partial charge in [0.25, 0.3) is 0 Å². The number of thioether (sulfide) groups is 1. The summed E-state index contributed by atoms with van der Waals surface area (Å²) in [5.74, 6) is 0.191. The van der Waals surface area contributed by atoms with E-state index in [0.29, 0.717) is 12.2 Å². The molecule has 0 aliphatic heterocycles. The second-order valence-electron chi connectivity index (χ2n) is 5.61. The lowest BCUT2D eigenvalue weighted by Crippen LogP contribution is -2.46. The van der Waals surface area contributed by atoms with Crippen LogP contribution in [-0.2, 0) is 21.4 Å². The van der Waals surface area contributed by atoms with Crippen molar-refractivity contribution in [1.82, 2.24) is 15.0 Å². The van der Waals surface area contributed by atoms with Gasteiger partial charge in [-0.15, -0.1) is 11.3 Å². The van der Waals surface area contributed by atoms with Crippen LogP contribution in [0.25, 0.3) is 0 Å². The predicted octanol–water partition coefficient (Wildman–Crippen LogP) is 3.47. The normalized spacial score (nSPS) is 12.7. The van der Waals surface area contributed by atoms with Crippen LogP contribution in [0, 0.1) is 6.92 Å². The number of aromatic nitrogens is 1. The Kier molecular flexibility index (Phi) is 8.39. The van der Waals surface area contributed by atoms with Gasteiger partial charge in [0, 0.05) is 10.4 Å². The maximum atomic E-state index is 12.7. The summed E-state index contributed by atoms with van der Waals surface area (Å²) < 4.78 is 27.9. The third-order valence-corrected chi connectivity index (χ3v) is 7.17. The molecule has 6 nitrogen and oxygen atoms in total. The molecule has 0 spiro atoms. The first-order valence-corrected chi connectivity index (χ1v) is 12.4. The zero-order chi connectivity index (χ0) is 20.0. The highest BCUT2D eigenvalue weighted by Crippen LogP contribution is 2.25. The fraction of sp³-hybridized carbons (Fsp3) is 0.375. The molecule has 1 aromatic heterocycles. The Hall–Kier alpha value is -0.840. The van der Waals surface area contributed by atoms with Gasteiger partial charge in [-0.1, -0.05) is 23.2 Å². The van der Waals surface area contributed by atoms with E-state index in [1.54, 1.807) is 0 Å². The van der Waals surface area contributed by atoms with E-state index in [9.17, 15) is 13.2 Å². The number of carbonyl (C=O) groups excluding carboxylic acids is 1. The van der Waals surface area contributed by atoms with E-state index in [2.05, 4.69) is 15.0 Å². The van der Waals surface area contributed by atoms with Crippen LogP contribution in [0.2, 0.25) is 10.0 Å². The summed E-state index contributed by atoms with van der Waals surface area (Å²) in [6.07, 6.45) is 2.22. The zero-order valence-corrected chi connectivity index (χ0v) is 18.6. The van der Waals surface area contributed by atoms with Crippen molar-refractivity contribution < 1.29 is 13.2 Å². The van der Waals surface area contributed by atoms with Crippen molar-refractivity contribution in [3.63, 3.8) is 0 Å². The summed E-state index contributed by atoms with van der Waals surface area (Å²) >= 11 is 14.9.